The lowest BCUT2D eigenvalue weighted by molar-refractivity contribution is -0.117. The first-order valence-electron chi connectivity index (χ1n) is 8.51. The molecule has 1 aromatic heterocycles. The van der Waals surface area contributed by atoms with Gasteiger partial charge in [-0.15, -0.1) is 11.3 Å². The zero-order chi connectivity index (χ0) is 17.1. The van der Waals surface area contributed by atoms with Gasteiger partial charge in [0, 0.05) is 17.1 Å². The van der Waals surface area contributed by atoms with E-state index < -0.39 is 0 Å². The highest BCUT2D eigenvalue weighted by molar-refractivity contribution is 7.10. The molecule has 0 aliphatic carbocycles. The highest BCUT2D eigenvalue weighted by atomic mass is 32.1. The van der Waals surface area contributed by atoms with E-state index in [-0.39, 0.29) is 11.9 Å². The highest BCUT2D eigenvalue weighted by Gasteiger charge is 2.30. The molecular weight excluding hydrogens is 328 g/mol. The number of amides is 1. The van der Waals surface area contributed by atoms with Crippen LogP contribution in [-0.4, -0.2) is 23.9 Å². The molecule has 4 rings (SSSR count). The third-order valence-electron chi connectivity index (χ3n) is 4.59. The van der Waals surface area contributed by atoms with Crippen LogP contribution in [0.5, 0.6) is 0 Å². The maximum atomic E-state index is 12.6. The molecule has 1 amide bonds. The Morgan fingerprint density at radius 3 is 2.52 bits per heavy atom. The standard InChI is InChI=1S/C21H20N2OS/c24-20(22-17-9-5-2-6-10-17)15-23-13-11-19-18(12-14-25-19)21(23)16-7-3-1-4-8-16/h1-10,12,14,21H,11,13,15H2,(H,22,24). The van der Waals surface area contributed by atoms with Crippen LogP contribution < -0.4 is 5.32 Å². The second kappa shape index (κ2) is 7.21. The summed E-state index contributed by atoms with van der Waals surface area (Å²) >= 11 is 1.82. The van der Waals surface area contributed by atoms with Gasteiger partial charge in [0.05, 0.1) is 12.6 Å². The predicted molar refractivity (Wildman–Crippen MR) is 103 cm³/mol. The summed E-state index contributed by atoms with van der Waals surface area (Å²) < 4.78 is 0. The van der Waals surface area contributed by atoms with Crippen LogP contribution in [0.2, 0.25) is 0 Å². The molecule has 1 aliphatic heterocycles. The van der Waals surface area contributed by atoms with Gasteiger partial charge >= 0.3 is 0 Å². The Morgan fingerprint density at radius 1 is 1.04 bits per heavy atom. The van der Waals surface area contributed by atoms with Crippen LogP contribution >= 0.6 is 11.3 Å². The fourth-order valence-corrected chi connectivity index (χ4v) is 4.37. The van der Waals surface area contributed by atoms with Crippen LogP contribution in [0, 0.1) is 0 Å². The minimum atomic E-state index is 0.0332. The third kappa shape index (κ3) is 3.50. The van der Waals surface area contributed by atoms with Gasteiger partial charge in [0.15, 0.2) is 0 Å². The average molecular weight is 348 g/mol. The number of benzene rings is 2. The lowest BCUT2D eigenvalue weighted by Crippen LogP contribution is -2.40. The molecule has 4 heteroatoms. The second-order valence-corrected chi connectivity index (χ2v) is 7.25. The van der Waals surface area contributed by atoms with E-state index in [0.29, 0.717) is 6.54 Å². The van der Waals surface area contributed by atoms with Crippen LogP contribution in [-0.2, 0) is 11.2 Å². The van der Waals surface area contributed by atoms with E-state index >= 15 is 0 Å². The molecule has 25 heavy (non-hydrogen) atoms. The summed E-state index contributed by atoms with van der Waals surface area (Å²) in [7, 11) is 0. The van der Waals surface area contributed by atoms with Crippen molar-refractivity contribution in [2.45, 2.75) is 12.5 Å². The molecule has 3 aromatic rings. The van der Waals surface area contributed by atoms with E-state index in [2.05, 4.69) is 45.9 Å². The molecule has 0 bridgehead atoms. The molecule has 0 spiro atoms. The Labute approximate surface area is 151 Å². The van der Waals surface area contributed by atoms with E-state index in [1.165, 1.54) is 16.0 Å². The van der Waals surface area contributed by atoms with Crippen molar-refractivity contribution in [3.8, 4) is 0 Å². The fraction of sp³-hybridized carbons (Fsp3) is 0.190. The summed E-state index contributed by atoms with van der Waals surface area (Å²) in [6, 6.07) is 22.5. The largest absolute Gasteiger partial charge is 0.325 e. The second-order valence-electron chi connectivity index (χ2n) is 6.25. The van der Waals surface area contributed by atoms with Crippen molar-refractivity contribution in [1.29, 1.82) is 0 Å². The maximum absolute atomic E-state index is 12.6. The summed E-state index contributed by atoms with van der Waals surface area (Å²) in [5.74, 6) is 0.0332. The van der Waals surface area contributed by atoms with E-state index in [4.69, 9.17) is 0 Å². The molecule has 0 fully saturated rings. The summed E-state index contributed by atoms with van der Waals surface area (Å²) in [6.07, 6.45) is 1.01. The number of nitrogens with one attached hydrogen (secondary N) is 1. The number of nitrogens with zero attached hydrogens (tertiary/aromatic N) is 1. The van der Waals surface area contributed by atoms with Crippen molar-refractivity contribution in [3.63, 3.8) is 0 Å². The number of thiophene rings is 1. The van der Waals surface area contributed by atoms with Crippen LogP contribution in [0.4, 0.5) is 5.69 Å². The van der Waals surface area contributed by atoms with Gasteiger partial charge in [0.1, 0.15) is 0 Å². The van der Waals surface area contributed by atoms with Gasteiger partial charge in [-0.1, -0.05) is 48.5 Å². The van der Waals surface area contributed by atoms with Gasteiger partial charge < -0.3 is 5.32 Å². The number of carbonyl (C=O) groups is 1. The molecule has 2 heterocycles. The van der Waals surface area contributed by atoms with E-state index in [9.17, 15) is 4.79 Å². The van der Waals surface area contributed by atoms with Crippen LogP contribution in [0.25, 0.3) is 0 Å². The lowest BCUT2D eigenvalue weighted by Gasteiger charge is -2.35. The zero-order valence-corrected chi connectivity index (χ0v) is 14.7. The third-order valence-corrected chi connectivity index (χ3v) is 5.58. The van der Waals surface area contributed by atoms with Crippen molar-refractivity contribution < 1.29 is 4.79 Å². The monoisotopic (exact) mass is 348 g/mol. The molecule has 2 aromatic carbocycles. The topological polar surface area (TPSA) is 32.3 Å². The van der Waals surface area contributed by atoms with Crippen LogP contribution in [0.15, 0.2) is 72.1 Å². The Kier molecular flexibility index (Phi) is 4.63. The zero-order valence-electron chi connectivity index (χ0n) is 13.9. The molecule has 126 valence electrons. The predicted octanol–water partition coefficient (Wildman–Crippen LogP) is 4.33. The van der Waals surface area contributed by atoms with Crippen molar-refractivity contribution >= 4 is 22.9 Å². The quantitative estimate of drug-likeness (QED) is 0.761. The van der Waals surface area contributed by atoms with Gasteiger partial charge in [0.25, 0.3) is 0 Å². The first kappa shape index (κ1) is 16.1. The van der Waals surface area contributed by atoms with Crippen molar-refractivity contribution in [1.82, 2.24) is 4.90 Å². The van der Waals surface area contributed by atoms with E-state index in [1.807, 2.05) is 47.7 Å². The van der Waals surface area contributed by atoms with E-state index in [0.717, 1.165) is 18.7 Å². The van der Waals surface area contributed by atoms with Crippen LogP contribution in [0.1, 0.15) is 22.0 Å². The molecular formula is C21H20N2OS. The number of fused-ring (bicyclic) bond motifs is 1. The van der Waals surface area contributed by atoms with Crippen LogP contribution in [0.3, 0.4) is 0 Å². The maximum Gasteiger partial charge on any atom is 0.238 e. The highest BCUT2D eigenvalue weighted by Crippen LogP contribution is 2.37. The minimum absolute atomic E-state index is 0.0332. The van der Waals surface area contributed by atoms with Crippen molar-refractivity contribution in [3.05, 3.63) is 88.1 Å². The Bertz CT molecular complexity index is 845. The molecule has 1 N–H and O–H groups in total. The van der Waals surface area contributed by atoms with E-state index in [1.54, 1.807) is 0 Å². The molecule has 0 saturated heterocycles. The van der Waals surface area contributed by atoms with Crippen molar-refractivity contribution in [2.24, 2.45) is 0 Å². The smallest absolute Gasteiger partial charge is 0.238 e. The summed E-state index contributed by atoms with van der Waals surface area (Å²) in [5, 5.41) is 5.16. The Hall–Kier alpha value is -2.43. The van der Waals surface area contributed by atoms with Gasteiger partial charge in [-0.2, -0.15) is 0 Å². The molecule has 3 nitrogen and oxygen atoms in total. The SMILES string of the molecule is O=C(CN1CCc2sccc2C1c1ccccc1)Nc1ccccc1. The van der Waals surface area contributed by atoms with Crippen molar-refractivity contribution in [2.75, 3.05) is 18.4 Å². The number of hydrogen-bond donors (Lipinski definition) is 1. The normalized spacial score (nSPS) is 17.0. The summed E-state index contributed by atoms with van der Waals surface area (Å²) in [5.41, 5.74) is 3.43. The van der Waals surface area contributed by atoms with Gasteiger partial charge in [-0.3, -0.25) is 9.69 Å². The van der Waals surface area contributed by atoms with Gasteiger partial charge in [-0.25, -0.2) is 0 Å². The molecule has 1 atom stereocenters. The number of hydrogen-bond acceptors (Lipinski definition) is 3. The fourth-order valence-electron chi connectivity index (χ4n) is 3.47. The molecule has 1 unspecified atom stereocenters. The van der Waals surface area contributed by atoms with Gasteiger partial charge in [-0.05, 0) is 41.1 Å². The first-order valence-corrected chi connectivity index (χ1v) is 9.39. The molecule has 0 saturated carbocycles. The molecule has 0 radical (unpaired) electrons. The Morgan fingerprint density at radius 2 is 1.76 bits per heavy atom. The molecule has 1 aliphatic rings. The average Bonchev–Trinajstić information content (AvgIpc) is 3.11. The Balaban J connectivity index is 1.57. The summed E-state index contributed by atoms with van der Waals surface area (Å²) in [6.45, 7) is 1.29. The summed E-state index contributed by atoms with van der Waals surface area (Å²) in [4.78, 5) is 16.3. The number of anilines is 1. The lowest BCUT2D eigenvalue weighted by atomic mass is 9.93. The number of carbonyl (C=O) groups excluding carboxylic acids is 1. The number of para-hydroxylation sites is 1. The first-order chi connectivity index (χ1) is 12.3. The number of rotatable bonds is 4. The minimum Gasteiger partial charge on any atom is -0.325 e. The van der Waals surface area contributed by atoms with Gasteiger partial charge in [0.2, 0.25) is 5.91 Å².